The van der Waals surface area contributed by atoms with Crippen LogP contribution in [0.1, 0.15) is 40.9 Å². The Labute approximate surface area is 92.7 Å². The van der Waals surface area contributed by atoms with Gasteiger partial charge < -0.3 is 9.84 Å². The highest BCUT2D eigenvalue weighted by molar-refractivity contribution is 7.12. The normalized spacial score (nSPS) is 16.9. The van der Waals surface area contributed by atoms with Crippen molar-refractivity contribution in [2.24, 2.45) is 0 Å². The van der Waals surface area contributed by atoms with Gasteiger partial charge in [-0.15, -0.1) is 11.3 Å². The molecule has 15 heavy (non-hydrogen) atoms. The summed E-state index contributed by atoms with van der Waals surface area (Å²) in [4.78, 5) is 11.3. The number of aryl methyl sites for hydroxylation is 1. The van der Waals surface area contributed by atoms with Gasteiger partial charge in [-0.1, -0.05) is 0 Å². The molecule has 4 heteroatoms. The summed E-state index contributed by atoms with van der Waals surface area (Å²) in [6.07, 6.45) is 4.70. The molecule has 1 N–H and O–H groups in total. The minimum absolute atomic E-state index is 0.219. The van der Waals surface area contributed by atoms with Crippen LogP contribution in [-0.2, 0) is 0 Å². The van der Waals surface area contributed by atoms with Crippen LogP contribution in [0.15, 0.2) is 5.38 Å². The van der Waals surface area contributed by atoms with Crippen LogP contribution in [-0.4, -0.2) is 17.2 Å². The van der Waals surface area contributed by atoms with Gasteiger partial charge in [0.2, 0.25) is 0 Å². The number of carboxylic acids is 1. The summed E-state index contributed by atoms with van der Waals surface area (Å²) >= 11 is 1.24. The Morgan fingerprint density at radius 3 is 2.80 bits per heavy atom. The molecule has 1 saturated carbocycles. The first-order chi connectivity index (χ1) is 7.18. The molecular weight excluding hydrogens is 212 g/mol. The summed E-state index contributed by atoms with van der Waals surface area (Å²) in [6.45, 7) is 1.90. The molecule has 0 unspecified atom stereocenters. The fraction of sp³-hybridized carbons (Fsp3) is 0.545. The van der Waals surface area contributed by atoms with Crippen LogP contribution in [0.4, 0.5) is 0 Å². The molecule has 1 aliphatic carbocycles. The molecule has 1 aromatic rings. The van der Waals surface area contributed by atoms with E-state index >= 15 is 0 Å². The minimum atomic E-state index is -0.888. The Morgan fingerprint density at radius 2 is 2.20 bits per heavy atom. The van der Waals surface area contributed by atoms with Gasteiger partial charge in [0.25, 0.3) is 0 Å². The third-order valence-electron chi connectivity index (χ3n) is 2.70. The fourth-order valence-electron chi connectivity index (χ4n) is 1.90. The first-order valence-corrected chi connectivity index (χ1v) is 6.04. The number of hydrogen-bond donors (Lipinski definition) is 1. The van der Waals surface area contributed by atoms with Crippen LogP contribution in [0, 0.1) is 6.92 Å². The maximum atomic E-state index is 10.9. The van der Waals surface area contributed by atoms with E-state index in [1.54, 1.807) is 0 Å². The predicted molar refractivity (Wildman–Crippen MR) is 58.9 cm³/mol. The highest BCUT2D eigenvalue weighted by Crippen LogP contribution is 2.33. The average Bonchev–Trinajstić information content (AvgIpc) is 2.78. The molecule has 1 fully saturated rings. The van der Waals surface area contributed by atoms with Crippen molar-refractivity contribution < 1.29 is 14.6 Å². The van der Waals surface area contributed by atoms with E-state index in [2.05, 4.69) is 0 Å². The molecule has 0 spiro atoms. The van der Waals surface area contributed by atoms with Crippen molar-refractivity contribution in [2.75, 3.05) is 0 Å². The Morgan fingerprint density at radius 1 is 1.53 bits per heavy atom. The Bertz CT molecular complexity index is 364. The third kappa shape index (κ3) is 2.15. The number of thiophene rings is 1. The van der Waals surface area contributed by atoms with Gasteiger partial charge in [-0.25, -0.2) is 4.79 Å². The van der Waals surface area contributed by atoms with Crippen LogP contribution in [0.2, 0.25) is 0 Å². The topological polar surface area (TPSA) is 46.5 Å². The first kappa shape index (κ1) is 10.5. The molecule has 1 heterocycles. The van der Waals surface area contributed by atoms with Crippen molar-refractivity contribution in [3.8, 4) is 5.75 Å². The maximum absolute atomic E-state index is 10.9. The van der Waals surface area contributed by atoms with Crippen LogP contribution >= 0.6 is 11.3 Å². The van der Waals surface area contributed by atoms with Gasteiger partial charge in [-0.05, 0) is 38.0 Å². The molecule has 0 aromatic carbocycles. The second kappa shape index (κ2) is 4.23. The quantitative estimate of drug-likeness (QED) is 0.861. The number of carboxylic acid groups (broad SMARTS) is 1. The van der Waals surface area contributed by atoms with Crippen molar-refractivity contribution in [2.45, 2.75) is 38.7 Å². The van der Waals surface area contributed by atoms with Crippen LogP contribution in [0.5, 0.6) is 5.75 Å². The lowest BCUT2D eigenvalue weighted by Gasteiger charge is -2.13. The van der Waals surface area contributed by atoms with Crippen LogP contribution < -0.4 is 4.74 Å². The average molecular weight is 226 g/mol. The van der Waals surface area contributed by atoms with Gasteiger partial charge in [0.1, 0.15) is 5.75 Å². The SMILES string of the molecule is Cc1csc(C(=O)O)c1OC1CCCC1. The zero-order valence-electron chi connectivity index (χ0n) is 8.66. The highest BCUT2D eigenvalue weighted by Gasteiger charge is 2.22. The zero-order chi connectivity index (χ0) is 10.8. The Balaban J connectivity index is 2.18. The van der Waals surface area contributed by atoms with E-state index in [1.165, 1.54) is 24.2 Å². The monoisotopic (exact) mass is 226 g/mol. The number of hydrogen-bond acceptors (Lipinski definition) is 3. The molecule has 0 saturated heterocycles. The smallest absolute Gasteiger partial charge is 0.349 e. The predicted octanol–water partition coefficient (Wildman–Crippen LogP) is 3.08. The summed E-state index contributed by atoms with van der Waals surface area (Å²) in [7, 11) is 0. The zero-order valence-corrected chi connectivity index (χ0v) is 9.47. The highest BCUT2D eigenvalue weighted by atomic mass is 32.1. The van der Waals surface area contributed by atoms with Gasteiger partial charge >= 0.3 is 5.97 Å². The molecule has 2 rings (SSSR count). The van der Waals surface area contributed by atoms with Crippen molar-refractivity contribution in [3.63, 3.8) is 0 Å². The number of rotatable bonds is 3. The summed E-state index contributed by atoms with van der Waals surface area (Å²) in [6, 6.07) is 0. The fourth-order valence-corrected chi connectivity index (χ4v) is 2.72. The molecule has 0 radical (unpaired) electrons. The minimum Gasteiger partial charge on any atom is -0.488 e. The lowest BCUT2D eigenvalue weighted by atomic mass is 10.2. The molecule has 0 bridgehead atoms. The van der Waals surface area contributed by atoms with Crippen molar-refractivity contribution in [3.05, 3.63) is 15.8 Å². The lowest BCUT2D eigenvalue weighted by molar-refractivity contribution is 0.0695. The summed E-state index contributed by atoms with van der Waals surface area (Å²) in [5.74, 6) is -0.305. The van der Waals surface area contributed by atoms with Gasteiger partial charge in [-0.3, -0.25) is 0 Å². The molecule has 82 valence electrons. The van der Waals surface area contributed by atoms with Crippen LogP contribution in [0.25, 0.3) is 0 Å². The largest absolute Gasteiger partial charge is 0.488 e. The van der Waals surface area contributed by atoms with E-state index in [9.17, 15) is 4.79 Å². The molecule has 3 nitrogen and oxygen atoms in total. The third-order valence-corrected chi connectivity index (χ3v) is 3.77. The van der Waals surface area contributed by atoms with E-state index in [4.69, 9.17) is 9.84 Å². The molecule has 0 atom stereocenters. The first-order valence-electron chi connectivity index (χ1n) is 5.16. The van der Waals surface area contributed by atoms with E-state index in [1.807, 2.05) is 12.3 Å². The molecule has 0 amide bonds. The number of carbonyl (C=O) groups is 1. The second-order valence-corrected chi connectivity index (χ2v) is 4.79. The van der Waals surface area contributed by atoms with Gasteiger partial charge in [0.05, 0.1) is 6.10 Å². The second-order valence-electron chi connectivity index (χ2n) is 3.91. The lowest BCUT2D eigenvalue weighted by Crippen LogP contribution is -2.12. The number of ether oxygens (including phenoxy) is 1. The van der Waals surface area contributed by atoms with E-state index in [-0.39, 0.29) is 6.10 Å². The van der Waals surface area contributed by atoms with Gasteiger partial charge in [-0.2, -0.15) is 0 Å². The van der Waals surface area contributed by atoms with Gasteiger partial charge in [0, 0.05) is 5.56 Å². The molecule has 1 aliphatic rings. The maximum Gasteiger partial charge on any atom is 0.349 e. The molecule has 0 aliphatic heterocycles. The van der Waals surface area contributed by atoms with E-state index in [0.717, 1.165) is 18.4 Å². The summed E-state index contributed by atoms with van der Waals surface area (Å²) in [5.41, 5.74) is 0.935. The van der Waals surface area contributed by atoms with E-state index in [0.29, 0.717) is 10.6 Å². The molecule has 1 aromatic heterocycles. The van der Waals surface area contributed by atoms with Gasteiger partial charge in [0.15, 0.2) is 4.88 Å². The standard InChI is InChI=1S/C11H14O3S/c1-7-6-15-10(11(12)13)9(7)14-8-4-2-3-5-8/h6,8H,2-5H2,1H3,(H,12,13). The molecular formula is C11H14O3S. The Kier molecular flexibility index (Phi) is 2.95. The summed E-state index contributed by atoms with van der Waals surface area (Å²) in [5, 5.41) is 10.8. The van der Waals surface area contributed by atoms with Crippen molar-refractivity contribution in [1.82, 2.24) is 0 Å². The number of aromatic carboxylic acids is 1. The van der Waals surface area contributed by atoms with Crippen LogP contribution in [0.3, 0.4) is 0 Å². The Hall–Kier alpha value is -1.03. The van der Waals surface area contributed by atoms with Crippen molar-refractivity contribution >= 4 is 17.3 Å². The van der Waals surface area contributed by atoms with Crippen molar-refractivity contribution in [1.29, 1.82) is 0 Å². The summed E-state index contributed by atoms with van der Waals surface area (Å²) < 4.78 is 5.77. The van der Waals surface area contributed by atoms with E-state index < -0.39 is 5.97 Å².